The Labute approximate surface area is 95.9 Å². The largest absolute Gasteiger partial charge is 0.508 e. The van der Waals surface area contributed by atoms with Crippen LogP contribution in [0.1, 0.15) is 5.56 Å². The van der Waals surface area contributed by atoms with Crippen LogP contribution in [-0.2, 0) is 15.5 Å². The standard InChI is InChI=1S/C8H7Cl2FO3S/c9-6-3-5(1-2-15(10,13)14)8(12)4-7(6)11/h3-4,12H,1-2H2. The zero-order chi connectivity index (χ0) is 11.6. The van der Waals surface area contributed by atoms with E-state index in [0.717, 1.165) is 6.07 Å². The van der Waals surface area contributed by atoms with Gasteiger partial charge in [0.05, 0.1) is 10.8 Å². The van der Waals surface area contributed by atoms with Gasteiger partial charge in [-0.2, -0.15) is 0 Å². The molecule has 1 aromatic rings. The minimum atomic E-state index is -3.64. The van der Waals surface area contributed by atoms with E-state index in [0.29, 0.717) is 0 Å². The molecule has 0 aromatic heterocycles. The van der Waals surface area contributed by atoms with Gasteiger partial charge in [-0.1, -0.05) is 11.6 Å². The number of aromatic hydroxyl groups is 1. The van der Waals surface area contributed by atoms with Crippen molar-refractivity contribution in [2.75, 3.05) is 5.75 Å². The van der Waals surface area contributed by atoms with Gasteiger partial charge in [0.1, 0.15) is 11.6 Å². The van der Waals surface area contributed by atoms with E-state index in [9.17, 15) is 17.9 Å². The third-order valence-corrected chi connectivity index (χ3v) is 3.18. The Morgan fingerprint density at radius 3 is 2.53 bits per heavy atom. The van der Waals surface area contributed by atoms with E-state index in [1.807, 2.05) is 0 Å². The molecule has 15 heavy (non-hydrogen) atoms. The van der Waals surface area contributed by atoms with Crippen LogP contribution in [0, 0.1) is 5.82 Å². The molecule has 0 saturated carbocycles. The predicted molar refractivity (Wildman–Crippen MR) is 56.4 cm³/mol. The molecule has 3 nitrogen and oxygen atoms in total. The highest BCUT2D eigenvalue weighted by Crippen LogP contribution is 2.25. The molecule has 0 aliphatic rings. The Morgan fingerprint density at radius 1 is 1.40 bits per heavy atom. The lowest BCUT2D eigenvalue weighted by molar-refractivity contribution is 0.462. The molecule has 0 aliphatic heterocycles. The van der Waals surface area contributed by atoms with Crippen molar-refractivity contribution in [3.8, 4) is 5.75 Å². The zero-order valence-electron chi connectivity index (χ0n) is 7.37. The van der Waals surface area contributed by atoms with Gasteiger partial charge in [-0.15, -0.1) is 0 Å². The molecule has 0 bridgehead atoms. The van der Waals surface area contributed by atoms with E-state index in [2.05, 4.69) is 0 Å². The summed E-state index contributed by atoms with van der Waals surface area (Å²) >= 11 is 5.47. The lowest BCUT2D eigenvalue weighted by Crippen LogP contribution is -2.01. The molecule has 0 heterocycles. The molecule has 0 aliphatic carbocycles. The van der Waals surface area contributed by atoms with Gasteiger partial charge in [0.15, 0.2) is 0 Å². The van der Waals surface area contributed by atoms with Gasteiger partial charge in [0.25, 0.3) is 0 Å². The fourth-order valence-corrected chi connectivity index (χ4v) is 1.89. The summed E-state index contributed by atoms with van der Waals surface area (Å²) < 4.78 is 34.1. The fraction of sp³-hybridized carbons (Fsp3) is 0.250. The Kier molecular flexibility index (Phi) is 3.81. The number of benzene rings is 1. The third kappa shape index (κ3) is 3.85. The Hall–Kier alpha value is -0.520. The van der Waals surface area contributed by atoms with Gasteiger partial charge >= 0.3 is 0 Å². The topological polar surface area (TPSA) is 54.4 Å². The molecule has 0 atom stereocenters. The van der Waals surface area contributed by atoms with E-state index < -0.39 is 14.9 Å². The number of rotatable bonds is 3. The maximum atomic E-state index is 12.8. The van der Waals surface area contributed by atoms with Crippen LogP contribution < -0.4 is 0 Å². The van der Waals surface area contributed by atoms with Crippen LogP contribution in [0.4, 0.5) is 4.39 Å². The average Bonchev–Trinajstić information content (AvgIpc) is 2.07. The lowest BCUT2D eigenvalue weighted by Gasteiger charge is -2.04. The van der Waals surface area contributed by atoms with Gasteiger partial charge in [-0.05, 0) is 18.1 Å². The van der Waals surface area contributed by atoms with E-state index in [1.165, 1.54) is 6.07 Å². The summed E-state index contributed by atoms with van der Waals surface area (Å²) in [7, 11) is 1.35. The molecule has 1 aromatic carbocycles. The first-order valence-corrected chi connectivity index (χ1v) is 6.74. The van der Waals surface area contributed by atoms with Crippen molar-refractivity contribution in [2.24, 2.45) is 0 Å². The van der Waals surface area contributed by atoms with Crippen molar-refractivity contribution in [2.45, 2.75) is 6.42 Å². The molecule has 0 spiro atoms. The second-order valence-electron chi connectivity index (χ2n) is 2.89. The molecule has 1 rings (SSSR count). The lowest BCUT2D eigenvalue weighted by atomic mass is 10.1. The summed E-state index contributed by atoms with van der Waals surface area (Å²) in [5.41, 5.74) is 0.241. The van der Waals surface area contributed by atoms with Crippen molar-refractivity contribution < 1.29 is 17.9 Å². The average molecular weight is 273 g/mol. The fourth-order valence-electron chi connectivity index (χ4n) is 1.01. The second-order valence-corrected chi connectivity index (χ2v) is 6.19. The van der Waals surface area contributed by atoms with Crippen LogP contribution in [0.15, 0.2) is 12.1 Å². The quantitative estimate of drug-likeness (QED) is 0.860. The van der Waals surface area contributed by atoms with Gasteiger partial charge in [-0.25, -0.2) is 12.8 Å². The highest BCUT2D eigenvalue weighted by atomic mass is 35.7. The van der Waals surface area contributed by atoms with Crippen LogP contribution >= 0.6 is 22.3 Å². The molecule has 1 N–H and O–H groups in total. The van der Waals surface area contributed by atoms with Crippen LogP contribution in [0.3, 0.4) is 0 Å². The van der Waals surface area contributed by atoms with Crippen molar-refractivity contribution in [1.82, 2.24) is 0 Å². The second kappa shape index (κ2) is 4.55. The van der Waals surface area contributed by atoms with Crippen LogP contribution in [0.5, 0.6) is 5.75 Å². The number of aryl methyl sites for hydroxylation is 1. The van der Waals surface area contributed by atoms with Crippen molar-refractivity contribution in [1.29, 1.82) is 0 Å². The van der Waals surface area contributed by atoms with E-state index in [-0.39, 0.29) is 28.5 Å². The number of hydrogen-bond donors (Lipinski definition) is 1. The van der Waals surface area contributed by atoms with Gasteiger partial charge in [0, 0.05) is 16.7 Å². The monoisotopic (exact) mass is 272 g/mol. The molecule has 84 valence electrons. The molecule has 0 saturated heterocycles. The number of halogens is 3. The van der Waals surface area contributed by atoms with E-state index in [1.54, 1.807) is 0 Å². The van der Waals surface area contributed by atoms with Crippen LogP contribution in [0.2, 0.25) is 5.02 Å². The smallest absolute Gasteiger partial charge is 0.232 e. The number of phenols is 1. The molecule has 0 radical (unpaired) electrons. The normalized spacial score (nSPS) is 11.7. The first kappa shape index (κ1) is 12.5. The highest BCUT2D eigenvalue weighted by molar-refractivity contribution is 8.13. The maximum Gasteiger partial charge on any atom is 0.232 e. The number of phenolic OH excluding ortho intramolecular Hbond substituents is 1. The first-order valence-electron chi connectivity index (χ1n) is 3.89. The highest BCUT2D eigenvalue weighted by Gasteiger charge is 2.11. The van der Waals surface area contributed by atoms with Crippen molar-refractivity contribution >= 4 is 31.3 Å². The third-order valence-electron chi connectivity index (χ3n) is 1.74. The minimum Gasteiger partial charge on any atom is -0.508 e. The Balaban J connectivity index is 2.91. The molecular formula is C8H7Cl2FO3S. The minimum absolute atomic E-state index is 0.0162. The summed E-state index contributed by atoms with van der Waals surface area (Å²) in [4.78, 5) is 0. The Bertz CT molecular complexity index is 473. The zero-order valence-corrected chi connectivity index (χ0v) is 9.70. The molecule has 7 heteroatoms. The van der Waals surface area contributed by atoms with Gasteiger partial charge in [-0.3, -0.25) is 0 Å². The van der Waals surface area contributed by atoms with Gasteiger partial charge in [0.2, 0.25) is 9.05 Å². The number of hydrogen-bond acceptors (Lipinski definition) is 3. The molecule has 0 fully saturated rings. The SMILES string of the molecule is O=S(=O)(Cl)CCc1cc(Cl)c(F)cc1O. The van der Waals surface area contributed by atoms with E-state index in [4.69, 9.17) is 22.3 Å². The van der Waals surface area contributed by atoms with Crippen molar-refractivity contribution in [3.05, 3.63) is 28.5 Å². The van der Waals surface area contributed by atoms with Gasteiger partial charge < -0.3 is 5.11 Å². The summed E-state index contributed by atoms with van der Waals surface area (Å²) in [6.07, 6.45) is -0.0162. The van der Waals surface area contributed by atoms with Crippen molar-refractivity contribution in [3.63, 3.8) is 0 Å². The van der Waals surface area contributed by atoms with E-state index >= 15 is 0 Å². The predicted octanol–water partition coefficient (Wildman–Crippen LogP) is 2.30. The summed E-state index contributed by atoms with van der Waals surface area (Å²) in [6, 6.07) is 2.01. The van der Waals surface area contributed by atoms with Crippen LogP contribution in [0.25, 0.3) is 0 Å². The first-order chi connectivity index (χ1) is 6.79. The van der Waals surface area contributed by atoms with Crippen LogP contribution in [-0.4, -0.2) is 19.3 Å². The summed E-state index contributed by atoms with van der Waals surface area (Å²) in [5, 5.41) is 9.10. The Morgan fingerprint density at radius 2 is 2.00 bits per heavy atom. The maximum absolute atomic E-state index is 12.8. The molecular weight excluding hydrogens is 266 g/mol. The summed E-state index contributed by atoms with van der Waals surface area (Å²) in [6.45, 7) is 0. The molecule has 0 amide bonds. The molecule has 0 unspecified atom stereocenters. The summed E-state index contributed by atoms with van der Waals surface area (Å²) in [5.74, 6) is -1.44.